The summed E-state index contributed by atoms with van der Waals surface area (Å²) in [6, 6.07) is 17.8. The second-order valence-corrected chi connectivity index (χ2v) is 10.1. The standard InChI is InChI=1S/C28H21ClN10O6/c29-20-9-8-18(13-22(20)39(42)43)28(41)44-19-6-3-4-16(12-19)14-31-33-27(40)24-23(38(36-32-24)26-25(30)34-45-35-26)15-37-11-10-17-5-1-2-7-21(17)37/h1-9,12-14H,10-11,15H2,(H2,30,34)(H,33,40). The van der Waals surface area contributed by atoms with Crippen molar-refractivity contribution in [3.63, 3.8) is 0 Å². The van der Waals surface area contributed by atoms with Crippen LogP contribution in [0.1, 0.15) is 37.7 Å². The van der Waals surface area contributed by atoms with E-state index in [9.17, 15) is 19.7 Å². The van der Waals surface area contributed by atoms with Crippen molar-refractivity contribution in [3.05, 3.63) is 110 Å². The number of fused-ring (bicyclic) bond motifs is 1. The lowest BCUT2D eigenvalue weighted by Gasteiger charge is -2.19. The van der Waals surface area contributed by atoms with Crippen LogP contribution in [-0.4, -0.2) is 54.9 Å². The van der Waals surface area contributed by atoms with E-state index in [4.69, 9.17) is 26.7 Å². The number of aromatic nitrogens is 5. The number of ether oxygens (including phenoxy) is 1. The number of esters is 1. The van der Waals surface area contributed by atoms with E-state index in [0.717, 1.165) is 18.2 Å². The zero-order valence-electron chi connectivity index (χ0n) is 23.0. The molecule has 0 saturated heterocycles. The van der Waals surface area contributed by atoms with E-state index in [0.29, 0.717) is 17.8 Å². The molecule has 17 heteroatoms. The minimum atomic E-state index is -0.823. The molecular formula is C28H21ClN10O6. The number of hydrazone groups is 1. The van der Waals surface area contributed by atoms with Gasteiger partial charge in [-0.25, -0.2) is 14.8 Å². The van der Waals surface area contributed by atoms with Crippen molar-refractivity contribution >= 4 is 46.9 Å². The lowest BCUT2D eigenvalue weighted by molar-refractivity contribution is -0.384. The average Bonchev–Trinajstić information content (AvgIpc) is 3.76. The van der Waals surface area contributed by atoms with Gasteiger partial charge in [-0.3, -0.25) is 14.9 Å². The van der Waals surface area contributed by atoms with Crippen LogP contribution < -0.4 is 20.8 Å². The number of hydrogen-bond donors (Lipinski definition) is 2. The minimum absolute atomic E-state index is 0.0151. The number of nitro groups is 1. The molecule has 3 aromatic carbocycles. The highest BCUT2D eigenvalue weighted by Gasteiger charge is 2.28. The predicted octanol–water partition coefficient (Wildman–Crippen LogP) is 3.34. The van der Waals surface area contributed by atoms with E-state index >= 15 is 0 Å². The Kier molecular flexibility index (Phi) is 7.85. The molecule has 1 aliphatic rings. The fourth-order valence-electron chi connectivity index (χ4n) is 4.70. The van der Waals surface area contributed by atoms with Gasteiger partial charge in [-0.2, -0.15) is 9.78 Å². The smallest absolute Gasteiger partial charge is 0.343 e. The average molecular weight is 629 g/mol. The lowest BCUT2D eigenvalue weighted by Crippen LogP contribution is -2.26. The van der Waals surface area contributed by atoms with Crippen LogP contribution in [0.15, 0.2) is 76.5 Å². The third kappa shape index (κ3) is 6.02. The molecule has 0 aliphatic carbocycles. The molecule has 1 amide bonds. The van der Waals surface area contributed by atoms with Crippen LogP contribution in [0, 0.1) is 10.1 Å². The molecule has 0 spiro atoms. The van der Waals surface area contributed by atoms with E-state index in [1.165, 1.54) is 40.7 Å². The van der Waals surface area contributed by atoms with Gasteiger partial charge in [0.1, 0.15) is 10.8 Å². The third-order valence-electron chi connectivity index (χ3n) is 6.83. The van der Waals surface area contributed by atoms with Gasteiger partial charge in [0.05, 0.1) is 28.9 Å². The third-order valence-corrected chi connectivity index (χ3v) is 7.14. The van der Waals surface area contributed by atoms with Crippen molar-refractivity contribution in [3.8, 4) is 11.6 Å². The lowest BCUT2D eigenvalue weighted by atomic mass is 10.2. The van der Waals surface area contributed by atoms with E-state index in [1.54, 1.807) is 12.1 Å². The summed E-state index contributed by atoms with van der Waals surface area (Å²) < 4.78 is 11.4. The number of nitrogens with two attached hydrogens (primary N) is 1. The summed E-state index contributed by atoms with van der Waals surface area (Å²) in [5.41, 5.74) is 10.9. The molecule has 0 saturated carbocycles. The van der Waals surface area contributed by atoms with Crippen molar-refractivity contribution in [2.24, 2.45) is 5.10 Å². The number of anilines is 2. The maximum absolute atomic E-state index is 13.2. The largest absolute Gasteiger partial charge is 0.423 e. The van der Waals surface area contributed by atoms with Crippen molar-refractivity contribution in [2.75, 3.05) is 17.2 Å². The molecule has 5 aromatic rings. The molecule has 0 fully saturated rings. The first kappa shape index (κ1) is 28.9. The van der Waals surface area contributed by atoms with Gasteiger partial charge >= 0.3 is 5.97 Å². The predicted molar refractivity (Wildman–Crippen MR) is 159 cm³/mol. The molecule has 1 aliphatic heterocycles. The van der Waals surface area contributed by atoms with Gasteiger partial charge in [0.2, 0.25) is 11.6 Å². The number of nitro benzene ring substituents is 1. The zero-order valence-corrected chi connectivity index (χ0v) is 23.8. The summed E-state index contributed by atoms with van der Waals surface area (Å²) in [4.78, 5) is 38.4. The Bertz CT molecular complexity index is 1970. The van der Waals surface area contributed by atoms with Gasteiger partial charge in [-0.15, -0.1) is 5.10 Å². The van der Waals surface area contributed by atoms with Crippen LogP contribution in [0.4, 0.5) is 17.2 Å². The molecule has 0 atom stereocenters. The second-order valence-electron chi connectivity index (χ2n) is 9.65. The highest BCUT2D eigenvalue weighted by Crippen LogP contribution is 2.30. The summed E-state index contributed by atoms with van der Waals surface area (Å²) in [6.45, 7) is 0.971. The van der Waals surface area contributed by atoms with Crippen LogP contribution in [0.5, 0.6) is 5.75 Å². The summed E-state index contributed by atoms with van der Waals surface area (Å²) >= 11 is 5.82. The Hall–Kier alpha value is -6.16. The van der Waals surface area contributed by atoms with Gasteiger partial charge in [-0.1, -0.05) is 47.1 Å². The summed E-state index contributed by atoms with van der Waals surface area (Å²) in [5, 5.41) is 30.6. The highest BCUT2D eigenvalue weighted by atomic mass is 35.5. The normalized spacial score (nSPS) is 12.3. The molecule has 0 unspecified atom stereocenters. The van der Waals surface area contributed by atoms with Crippen LogP contribution >= 0.6 is 11.6 Å². The molecule has 226 valence electrons. The quantitative estimate of drug-likeness (QED) is 0.0791. The van der Waals surface area contributed by atoms with E-state index < -0.39 is 22.5 Å². The first-order valence-corrected chi connectivity index (χ1v) is 13.6. The Morgan fingerprint density at radius 3 is 2.80 bits per heavy atom. The number of rotatable bonds is 9. The molecule has 3 heterocycles. The number of amides is 1. The Balaban J connectivity index is 1.18. The maximum Gasteiger partial charge on any atom is 0.343 e. The molecule has 3 N–H and O–H groups in total. The van der Waals surface area contributed by atoms with Gasteiger partial charge in [0.25, 0.3) is 11.6 Å². The van der Waals surface area contributed by atoms with E-state index in [2.05, 4.69) is 36.1 Å². The molecule has 45 heavy (non-hydrogen) atoms. The minimum Gasteiger partial charge on any atom is -0.423 e. The topological polar surface area (TPSA) is 210 Å². The Morgan fingerprint density at radius 1 is 1.16 bits per heavy atom. The summed E-state index contributed by atoms with van der Waals surface area (Å²) in [7, 11) is 0. The van der Waals surface area contributed by atoms with Gasteiger partial charge in [-0.05, 0) is 58.2 Å². The molecule has 6 rings (SSSR count). The summed E-state index contributed by atoms with van der Waals surface area (Å²) in [6.07, 6.45) is 2.17. The number of halogens is 1. The first-order valence-electron chi connectivity index (χ1n) is 13.2. The van der Waals surface area contributed by atoms with E-state index in [1.807, 2.05) is 24.3 Å². The van der Waals surface area contributed by atoms with Crippen molar-refractivity contribution in [1.29, 1.82) is 0 Å². The molecule has 2 aromatic heterocycles. The van der Waals surface area contributed by atoms with E-state index in [-0.39, 0.29) is 40.2 Å². The SMILES string of the molecule is Nc1nonc1-n1nnc(C(=O)NN=Cc2cccc(OC(=O)c3ccc(Cl)c([N+](=O)[O-])c3)c2)c1CN1CCc2ccccc21. The number of nitrogens with zero attached hydrogens (tertiary/aromatic N) is 8. The van der Waals surface area contributed by atoms with Crippen molar-refractivity contribution in [2.45, 2.75) is 13.0 Å². The number of carbonyl (C=O) groups excluding carboxylic acids is 2. The number of hydrogen-bond acceptors (Lipinski definition) is 13. The fraction of sp³-hybridized carbons (Fsp3) is 0.107. The maximum atomic E-state index is 13.2. The van der Waals surface area contributed by atoms with Crippen LogP contribution in [-0.2, 0) is 13.0 Å². The van der Waals surface area contributed by atoms with Crippen LogP contribution in [0.2, 0.25) is 5.02 Å². The molecule has 0 bridgehead atoms. The number of nitrogens with one attached hydrogen (secondary N) is 1. The number of carbonyl (C=O) groups is 2. The summed E-state index contributed by atoms with van der Waals surface area (Å²) in [5.74, 6) is -1.27. The Morgan fingerprint density at radius 2 is 2.00 bits per heavy atom. The first-order chi connectivity index (χ1) is 21.8. The second kappa shape index (κ2) is 12.2. The zero-order chi connectivity index (χ0) is 31.5. The number of para-hydroxylation sites is 1. The van der Waals surface area contributed by atoms with Crippen LogP contribution in [0.3, 0.4) is 0 Å². The van der Waals surface area contributed by atoms with Crippen molar-refractivity contribution < 1.29 is 23.9 Å². The van der Waals surface area contributed by atoms with Crippen molar-refractivity contribution in [1.82, 2.24) is 30.7 Å². The van der Waals surface area contributed by atoms with Gasteiger partial charge < -0.3 is 15.4 Å². The molecule has 16 nitrogen and oxygen atoms in total. The molecule has 0 radical (unpaired) electrons. The fourth-order valence-corrected chi connectivity index (χ4v) is 4.89. The number of nitrogen functional groups attached to an aromatic ring is 1. The Labute approximate surface area is 258 Å². The van der Waals surface area contributed by atoms with Crippen LogP contribution in [0.25, 0.3) is 5.82 Å². The van der Waals surface area contributed by atoms with Gasteiger partial charge in [0, 0.05) is 18.3 Å². The number of benzene rings is 3. The molecular weight excluding hydrogens is 608 g/mol. The van der Waals surface area contributed by atoms with Gasteiger partial charge in [0.15, 0.2) is 5.69 Å². The monoisotopic (exact) mass is 628 g/mol. The highest BCUT2D eigenvalue weighted by molar-refractivity contribution is 6.32.